The van der Waals surface area contributed by atoms with Gasteiger partial charge in [0, 0.05) is 68.1 Å². The van der Waals surface area contributed by atoms with E-state index in [1.54, 1.807) is 12.3 Å². The number of rotatable bonds is 7. The van der Waals surface area contributed by atoms with Crippen molar-refractivity contribution in [2.75, 3.05) is 31.6 Å². The number of halogens is 2. The van der Waals surface area contributed by atoms with Gasteiger partial charge in [0.2, 0.25) is 0 Å². The topological polar surface area (TPSA) is 118 Å². The van der Waals surface area contributed by atoms with Crippen LogP contribution in [0.2, 0.25) is 0 Å². The number of piperidine rings is 1. The Morgan fingerprint density at radius 2 is 1.82 bits per heavy atom. The van der Waals surface area contributed by atoms with E-state index in [1.807, 2.05) is 0 Å². The minimum Gasteiger partial charge on any atom is -0.452 e. The zero-order valence-corrected chi connectivity index (χ0v) is 23.5. The van der Waals surface area contributed by atoms with E-state index in [0.29, 0.717) is 56.3 Å². The van der Waals surface area contributed by atoms with E-state index in [-0.39, 0.29) is 17.0 Å². The lowest BCUT2D eigenvalue weighted by molar-refractivity contribution is -0.182. The van der Waals surface area contributed by atoms with E-state index in [4.69, 9.17) is 19.6 Å². The second kappa shape index (κ2) is 12.3. The van der Waals surface area contributed by atoms with Gasteiger partial charge in [0.15, 0.2) is 23.1 Å². The van der Waals surface area contributed by atoms with Crippen LogP contribution in [0.15, 0.2) is 101 Å². The molecule has 0 aliphatic carbocycles. The average molecular weight is 602 g/mol. The minimum atomic E-state index is -0.749. The molecule has 4 heterocycles. The molecule has 1 aromatic heterocycles. The van der Waals surface area contributed by atoms with Crippen molar-refractivity contribution < 1.29 is 27.8 Å². The molecule has 0 bridgehead atoms. The third-order valence-corrected chi connectivity index (χ3v) is 7.58. The van der Waals surface area contributed by atoms with Gasteiger partial charge in [-0.15, -0.1) is 0 Å². The second-order valence-corrected chi connectivity index (χ2v) is 10.3. The fourth-order valence-electron chi connectivity index (χ4n) is 5.30. The summed E-state index contributed by atoms with van der Waals surface area (Å²) < 4.78 is 47.4. The molecule has 0 saturated carbocycles. The molecule has 226 valence electrons. The number of carbonyl (C=O) groups excluding carboxylic acids is 1. The summed E-state index contributed by atoms with van der Waals surface area (Å²) in [5.41, 5.74) is 1.01. The lowest BCUT2D eigenvalue weighted by Gasteiger charge is -2.39. The van der Waals surface area contributed by atoms with Gasteiger partial charge in [-0.3, -0.25) is 14.2 Å². The highest BCUT2D eigenvalue weighted by Crippen LogP contribution is 2.34. The first kappa shape index (κ1) is 29.0. The summed E-state index contributed by atoms with van der Waals surface area (Å²) in [4.78, 5) is 28.1. The Hall–Kier alpha value is -5.07. The number of ether oxygens (including phenoxy) is 3. The molecule has 0 radical (unpaired) electrons. The maximum absolute atomic E-state index is 15.3. The Balaban J connectivity index is 1.16. The van der Waals surface area contributed by atoms with Gasteiger partial charge in [-0.2, -0.15) is 0 Å². The predicted octanol–water partition coefficient (Wildman–Crippen LogP) is 4.45. The van der Waals surface area contributed by atoms with Crippen molar-refractivity contribution >= 4 is 17.8 Å². The molecule has 2 fully saturated rings. The van der Waals surface area contributed by atoms with Gasteiger partial charge in [0.25, 0.3) is 11.5 Å². The van der Waals surface area contributed by atoms with E-state index in [2.05, 4.69) is 15.5 Å². The van der Waals surface area contributed by atoms with Crippen LogP contribution in [0.3, 0.4) is 0 Å². The summed E-state index contributed by atoms with van der Waals surface area (Å²) in [5, 5.41) is 13.2. The number of nitrogens with zero attached hydrogens (tertiary/aromatic N) is 2. The number of anilines is 1. The lowest BCUT2D eigenvalue weighted by atomic mass is 10.0. The van der Waals surface area contributed by atoms with E-state index in [1.165, 1.54) is 65.4 Å². The number of nitrogens with one attached hydrogen (secondary N) is 3. The first-order valence-corrected chi connectivity index (χ1v) is 14.0. The third kappa shape index (κ3) is 6.03. The molecule has 10 nitrogen and oxygen atoms in total. The van der Waals surface area contributed by atoms with Gasteiger partial charge in [-0.05, 0) is 54.6 Å². The highest BCUT2D eigenvalue weighted by atomic mass is 19.1. The van der Waals surface area contributed by atoms with Crippen LogP contribution in [0.25, 0.3) is 5.69 Å². The number of aromatic nitrogens is 1. The van der Waals surface area contributed by atoms with Crippen molar-refractivity contribution in [1.82, 2.24) is 14.8 Å². The van der Waals surface area contributed by atoms with Crippen molar-refractivity contribution in [3.63, 3.8) is 0 Å². The standard InChI is InChI=1S/C32H29F2N5O5/c33-21-3-6-23(7-4-21)39-13-1-2-25(31(39)41)30(40)37-22-5-8-28(26(34)18-22)44-29-19-24(20-36-27(29)9-12-35)38-14-10-32(11-15-38)42-16-17-43-32/h1-9,12-13,18-20,35-36H,10-11,14-17H2,(H,37,40)/b27-9-,35-12?. The number of likely N-dealkylation sites (tertiary alicyclic amines) is 1. The minimum absolute atomic E-state index is 0.100. The molecular weight excluding hydrogens is 572 g/mol. The van der Waals surface area contributed by atoms with E-state index in [0.717, 1.165) is 18.0 Å². The number of pyridine rings is 1. The summed E-state index contributed by atoms with van der Waals surface area (Å²) in [7, 11) is 0. The molecule has 2 aromatic carbocycles. The number of allylic oxidation sites excluding steroid dienone is 2. The highest BCUT2D eigenvalue weighted by molar-refractivity contribution is 6.04. The van der Waals surface area contributed by atoms with Gasteiger partial charge < -0.3 is 35.2 Å². The fraction of sp³-hybridized carbons (Fsp3) is 0.219. The van der Waals surface area contributed by atoms with Crippen LogP contribution in [0.5, 0.6) is 5.75 Å². The molecule has 1 amide bonds. The van der Waals surface area contributed by atoms with Crippen molar-refractivity contribution in [1.29, 1.82) is 5.41 Å². The van der Waals surface area contributed by atoms with Crippen LogP contribution >= 0.6 is 0 Å². The molecule has 0 unspecified atom stereocenters. The highest BCUT2D eigenvalue weighted by Gasteiger charge is 2.40. The summed E-state index contributed by atoms with van der Waals surface area (Å²) >= 11 is 0. The normalized spacial score (nSPS) is 18.4. The summed E-state index contributed by atoms with van der Waals surface area (Å²) in [6.45, 7) is 2.58. The molecule has 3 aliphatic rings. The summed E-state index contributed by atoms with van der Waals surface area (Å²) in [5.74, 6) is -2.25. The SMILES string of the molecule is N=C/C=C1\NC=C(N2CCC3(CC2)OCCO3)C=C1Oc1ccc(NC(=O)c2cccn(-c3ccc(F)cc3)c2=O)cc1F. The number of carbonyl (C=O) groups is 1. The number of benzene rings is 2. The Bertz CT molecular complexity index is 1730. The van der Waals surface area contributed by atoms with Gasteiger partial charge in [0.05, 0.1) is 24.6 Å². The van der Waals surface area contributed by atoms with Crippen LogP contribution in [-0.4, -0.2) is 53.7 Å². The zero-order chi connectivity index (χ0) is 30.7. The maximum Gasteiger partial charge on any atom is 0.267 e. The molecule has 6 rings (SSSR count). The average Bonchev–Trinajstić information content (AvgIpc) is 3.48. The largest absolute Gasteiger partial charge is 0.452 e. The van der Waals surface area contributed by atoms with E-state index in [9.17, 15) is 14.0 Å². The Morgan fingerprint density at radius 3 is 2.52 bits per heavy atom. The molecule has 2 saturated heterocycles. The predicted molar refractivity (Wildman–Crippen MR) is 159 cm³/mol. The van der Waals surface area contributed by atoms with Gasteiger partial charge >= 0.3 is 0 Å². The quantitative estimate of drug-likeness (QED) is 0.343. The number of dihydropyridines is 1. The summed E-state index contributed by atoms with van der Waals surface area (Å²) in [6, 6.07) is 12.1. The molecule has 1 spiro atoms. The van der Waals surface area contributed by atoms with Crippen molar-refractivity contribution in [3.05, 3.63) is 124 Å². The number of hydrogen-bond donors (Lipinski definition) is 3. The van der Waals surface area contributed by atoms with Crippen LogP contribution < -0.4 is 20.9 Å². The van der Waals surface area contributed by atoms with Crippen LogP contribution in [0.1, 0.15) is 23.2 Å². The lowest BCUT2D eigenvalue weighted by Crippen LogP contribution is -2.45. The first-order valence-electron chi connectivity index (χ1n) is 14.0. The monoisotopic (exact) mass is 601 g/mol. The number of amides is 1. The van der Waals surface area contributed by atoms with Crippen LogP contribution in [-0.2, 0) is 9.47 Å². The van der Waals surface area contributed by atoms with Crippen molar-refractivity contribution in [2.45, 2.75) is 18.6 Å². The molecule has 3 N–H and O–H groups in total. The van der Waals surface area contributed by atoms with Gasteiger partial charge in [0.1, 0.15) is 11.4 Å². The van der Waals surface area contributed by atoms with E-state index < -0.39 is 28.9 Å². The molecule has 3 aromatic rings. The van der Waals surface area contributed by atoms with Gasteiger partial charge in [-0.1, -0.05) is 0 Å². The first-order chi connectivity index (χ1) is 21.3. The molecule has 44 heavy (non-hydrogen) atoms. The number of hydrogen-bond acceptors (Lipinski definition) is 8. The molecular formula is C32H29F2N5O5. The van der Waals surface area contributed by atoms with Crippen LogP contribution in [0, 0.1) is 17.0 Å². The second-order valence-electron chi connectivity index (χ2n) is 10.3. The smallest absolute Gasteiger partial charge is 0.267 e. The zero-order valence-electron chi connectivity index (χ0n) is 23.5. The molecule has 12 heteroatoms. The Labute approximate surface area is 251 Å². The fourth-order valence-corrected chi connectivity index (χ4v) is 5.30. The Morgan fingerprint density at radius 1 is 1.07 bits per heavy atom. The third-order valence-electron chi connectivity index (χ3n) is 7.58. The Kier molecular flexibility index (Phi) is 8.09. The summed E-state index contributed by atoms with van der Waals surface area (Å²) in [6.07, 6.45) is 9.06. The molecule has 0 atom stereocenters. The van der Waals surface area contributed by atoms with Crippen LogP contribution in [0.4, 0.5) is 14.5 Å². The maximum atomic E-state index is 15.3. The van der Waals surface area contributed by atoms with Gasteiger partial charge in [-0.25, -0.2) is 8.78 Å². The molecule has 3 aliphatic heterocycles. The van der Waals surface area contributed by atoms with Crippen molar-refractivity contribution in [2.24, 2.45) is 0 Å². The van der Waals surface area contributed by atoms with E-state index >= 15 is 4.39 Å². The van der Waals surface area contributed by atoms with Crippen molar-refractivity contribution in [3.8, 4) is 11.4 Å².